The van der Waals surface area contributed by atoms with E-state index in [0.29, 0.717) is 42.0 Å². The van der Waals surface area contributed by atoms with E-state index in [4.69, 9.17) is 9.47 Å². The van der Waals surface area contributed by atoms with E-state index in [1.807, 2.05) is 44.2 Å². The molecule has 1 N–H and O–H groups in total. The molecule has 0 radical (unpaired) electrons. The summed E-state index contributed by atoms with van der Waals surface area (Å²) in [5.74, 6) is -0.449. The highest BCUT2D eigenvalue weighted by Crippen LogP contribution is 2.44. The van der Waals surface area contributed by atoms with Gasteiger partial charge in [-0.15, -0.1) is 0 Å². The van der Waals surface area contributed by atoms with Gasteiger partial charge in [-0.1, -0.05) is 24.3 Å². The number of hydrogen-bond acceptors (Lipinski definition) is 4. The van der Waals surface area contributed by atoms with Crippen LogP contribution in [0, 0.1) is 5.82 Å². The molecule has 5 nitrogen and oxygen atoms in total. The van der Waals surface area contributed by atoms with Gasteiger partial charge in [0.2, 0.25) is 0 Å². The van der Waals surface area contributed by atoms with E-state index in [1.165, 1.54) is 12.1 Å². The average molecular weight is 421 g/mol. The maximum absolute atomic E-state index is 13.5. The summed E-state index contributed by atoms with van der Waals surface area (Å²) < 4.78 is 24.7. The first-order valence-corrected chi connectivity index (χ1v) is 10.3. The highest BCUT2D eigenvalue weighted by molar-refractivity contribution is 6.32. The fourth-order valence-corrected chi connectivity index (χ4v) is 3.94. The van der Waals surface area contributed by atoms with Gasteiger partial charge in [0, 0.05) is 17.6 Å². The molecule has 0 bridgehead atoms. The molecule has 4 rings (SSSR count). The lowest BCUT2D eigenvalue weighted by Gasteiger charge is -2.23. The Bertz CT molecular complexity index is 1110. The Morgan fingerprint density at radius 2 is 1.90 bits per heavy atom. The Labute approximate surface area is 180 Å². The molecule has 2 aliphatic rings. The van der Waals surface area contributed by atoms with Crippen molar-refractivity contribution in [1.82, 2.24) is 0 Å². The van der Waals surface area contributed by atoms with Crippen LogP contribution in [0.3, 0.4) is 0 Å². The summed E-state index contributed by atoms with van der Waals surface area (Å²) in [5, 5.41) is 2.70. The van der Waals surface area contributed by atoms with E-state index >= 15 is 0 Å². The lowest BCUT2D eigenvalue weighted by atomic mass is 9.91. The minimum absolute atomic E-state index is 0.203. The number of rotatable bonds is 5. The normalized spacial score (nSPS) is 18.8. The van der Waals surface area contributed by atoms with E-state index in [0.717, 1.165) is 16.7 Å². The Balaban J connectivity index is 1.62. The highest BCUT2D eigenvalue weighted by Gasteiger charge is 2.38. The van der Waals surface area contributed by atoms with Gasteiger partial charge in [-0.2, -0.15) is 0 Å². The number of aryl methyl sites for hydroxylation is 1. The zero-order valence-corrected chi connectivity index (χ0v) is 17.8. The average Bonchev–Trinajstić information content (AvgIpc) is 3.21. The van der Waals surface area contributed by atoms with Crippen molar-refractivity contribution in [3.05, 3.63) is 76.8 Å². The maximum Gasteiger partial charge on any atom is 0.306 e. The van der Waals surface area contributed by atoms with Crippen LogP contribution in [-0.2, 0) is 25.5 Å². The fraction of sp³-hybridized carbons (Fsp3) is 0.280. The van der Waals surface area contributed by atoms with E-state index in [-0.39, 0.29) is 11.9 Å². The van der Waals surface area contributed by atoms with Gasteiger partial charge in [-0.25, -0.2) is 4.39 Å². The number of carbonyl (C=O) groups excluding carboxylic acids is 2. The number of carbonyl (C=O) groups is 2. The van der Waals surface area contributed by atoms with Gasteiger partial charge in [0.1, 0.15) is 17.2 Å². The van der Waals surface area contributed by atoms with Gasteiger partial charge in [-0.05, 0) is 62.6 Å². The van der Waals surface area contributed by atoms with Crippen LogP contribution in [0.25, 0.3) is 11.1 Å². The number of benzene rings is 2. The molecular formula is C25H24FNO4. The molecule has 2 aromatic rings. The van der Waals surface area contributed by atoms with Gasteiger partial charge in [-0.3, -0.25) is 9.59 Å². The predicted octanol–water partition coefficient (Wildman–Crippen LogP) is 4.88. The Morgan fingerprint density at radius 1 is 1.16 bits per heavy atom. The van der Waals surface area contributed by atoms with Crippen LogP contribution in [0.1, 0.15) is 43.9 Å². The molecule has 0 saturated heterocycles. The van der Waals surface area contributed by atoms with Crippen molar-refractivity contribution in [3.8, 4) is 0 Å². The summed E-state index contributed by atoms with van der Waals surface area (Å²) in [6, 6.07) is 12.2. The Morgan fingerprint density at radius 3 is 2.61 bits per heavy atom. The molecule has 0 fully saturated rings. The summed E-state index contributed by atoms with van der Waals surface area (Å²) in [4.78, 5) is 24.1. The summed E-state index contributed by atoms with van der Waals surface area (Å²) in [7, 11) is 0. The van der Waals surface area contributed by atoms with Crippen molar-refractivity contribution in [2.45, 2.75) is 39.2 Å². The second-order valence-corrected chi connectivity index (χ2v) is 8.06. The molecule has 0 aliphatic carbocycles. The van der Waals surface area contributed by atoms with Gasteiger partial charge in [0.25, 0.3) is 5.91 Å². The quantitative estimate of drug-likeness (QED) is 0.552. The maximum atomic E-state index is 13.5. The first kappa shape index (κ1) is 20.8. The number of nitrogens with one attached hydrogen (secondary N) is 1. The van der Waals surface area contributed by atoms with Gasteiger partial charge in [0.15, 0.2) is 0 Å². The summed E-state index contributed by atoms with van der Waals surface area (Å²) in [6.07, 6.45) is 2.83. The molecule has 0 saturated carbocycles. The Kier molecular flexibility index (Phi) is 5.39. The minimum Gasteiger partial charge on any atom is -0.482 e. The molecule has 2 aromatic carbocycles. The number of halogens is 1. The molecule has 0 aromatic heterocycles. The first-order valence-electron chi connectivity index (χ1n) is 10.3. The second-order valence-electron chi connectivity index (χ2n) is 8.06. The van der Waals surface area contributed by atoms with Crippen LogP contribution in [0.4, 0.5) is 10.1 Å². The molecule has 0 spiro atoms. The van der Waals surface area contributed by atoms with Gasteiger partial charge >= 0.3 is 5.97 Å². The largest absolute Gasteiger partial charge is 0.482 e. The van der Waals surface area contributed by atoms with Crippen LogP contribution in [-0.4, -0.2) is 24.1 Å². The summed E-state index contributed by atoms with van der Waals surface area (Å²) in [6.45, 7) is 6.07. The third kappa shape index (κ3) is 4.10. The van der Waals surface area contributed by atoms with E-state index in [9.17, 15) is 14.0 Å². The van der Waals surface area contributed by atoms with E-state index < -0.39 is 11.4 Å². The van der Waals surface area contributed by atoms with Crippen molar-refractivity contribution in [1.29, 1.82) is 0 Å². The lowest BCUT2D eigenvalue weighted by molar-refractivity contribution is -0.143. The van der Waals surface area contributed by atoms with Crippen LogP contribution in [0.15, 0.2) is 54.3 Å². The van der Waals surface area contributed by atoms with Crippen LogP contribution in [0.2, 0.25) is 0 Å². The number of esters is 1. The van der Waals surface area contributed by atoms with E-state index in [2.05, 4.69) is 5.32 Å². The molecule has 160 valence electrons. The number of allylic oxidation sites excluding steroid dienone is 1. The SMILES string of the molecule is CCOC(=O)CCc1ccc(C2=C/C(=C3/C(=O)Nc4cc(F)ccc43)OC2(C)C)cc1. The number of hydrogen-bond donors (Lipinski definition) is 1. The molecule has 2 aliphatic heterocycles. The van der Waals surface area contributed by atoms with Crippen LogP contribution < -0.4 is 5.32 Å². The fourth-order valence-electron chi connectivity index (χ4n) is 3.94. The Hall–Kier alpha value is -3.41. The van der Waals surface area contributed by atoms with Gasteiger partial charge < -0.3 is 14.8 Å². The van der Waals surface area contributed by atoms with E-state index in [1.54, 1.807) is 13.0 Å². The summed E-state index contributed by atoms with van der Waals surface area (Å²) in [5.41, 5.74) is 3.79. The molecule has 2 heterocycles. The zero-order valence-electron chi connectivity index (χ0n) is 17.8. The topological polar surface area (TPSA) is 64.6 Å². The van der Waals surface area contributed by atoms with Crippen molar-refractivity contribution in [3.63, 3.8) is 0 Å². The molecule has 1 amide bonds. The van der Waals surface area contributed by atoms with Crippen molar-refractivity contribution in [2.24, 2.45) is 0 Å². The monoisotopic (exact) mass is 421 g/mol. The first-order chi connectivity index (χ1) is 14.8. The smallest absolute Gasteiger partial charge is 0.306 e. The predicted molar refractivity (Wildman–Crippen MR) is 116 cm³/mol. The van der Waals surface area contributed by atoms with Crippen LogP contribution >= 0.6 is 0 Å². The highest BCUT2D eigenvalue weighted by atomic mass is 19.1. The molecule has 0 atom stereocenters. The number of anilines is 1. The third-order valence-corrected chi connectivity index (χ3v) is 5.45. The lowest BCUT2D eigenvalue weighted by Crippen LogP contribution is -2.21. The standard InChI is InChI=1S/C25H24FNO4/c1-4-30-22(28)12-7-15-5-8-16(9-6-15)19-14-21(31-25(19,2)3)23-18-11-10-17(26)13-20(18)27-24(23)29/h5-6,8-11,13-14H,4,7,12H2,1-3H3,(H,27,29)/b23-21-. The molecule has 6 heteroatoms. The van der Waals surface area contributed by atoms with Crippen LogP contribution in [0.5, 0.6) is 0 Å². The molecule has 31 heavy (non-hydrogen) atoms. The zero-order chi connectivity index (χ0) is 22.2. The summed E-state index contributed by atoms with van der Waals surface area (Å²) >= 11 is 0. The number of ether oxygens (including phenoxy) is 2. The molecule has 0 unspecified atom stereocenters. The number of fused-ring (bicyclic) bond motifs is 1. The molecular weight excluding hydrogens is 397 g/mol. The second kappa shape index (κ2) is 8.02. The minimum atomic E-state index is -0.641. The number of amides is 1. The third-order valence-electron chi connectivity index (χ3n) is 5.45. The van der Waals surface area contributed by atoms with Gasteiger partial charge in [0.05, 0.1) is 17.9 Å². The van der Waals surface area contributed by atoms with Crippen molar-refractivity contribution >= 4 is 28.7 Å². The van der Waals surface area contributed by atoms with Crippen molar-refractivity contribution in [2.75, 3.05) is 11.9 Å². The van der Waals surface area contributed by atoms with Crippen molar-refractivity contribution < 1.29 is 23.5 Å².